The number of hydrogen-bond donors (Lipinski definition) is 2. The van der Waals surface area contributed by atoms with Gasteiger partial charge in [0, 0.05) is 12.0 Å². The van der Waals surface area contributed by atoms with E-state index in [0.717, 1.165) is 16.7 Å². The molecule has 19 heavy (non-hydrogen) atoms. The number of aliphatic hydroxyl groups is 1. The van der Waals surface area contributed by atoms with E-state index < -0.39 is 21.4 Å². The fourth-order valence-corrected chi connectivity index (χ4v) is 5.05. The molecule has 3 N–H and O–H groups in total. The van der Waals surface area contributed by atoms with Crippen molar-refractivity contribution in [2.24, 2.45) is 11.1 Å². The molecule has 0 bridgehead atoms. The summed E-state index contributed by atoms with van der Waals surface area (Å²) in [5.41, 5.74) is 7.93. The average molecular weight is 283 g/mol. The SMILES string of the molecule is Cc1ccc(C(O)C2(CN)CCS(=O)(=O)C2)c(C)c1. The van der Waals surface area contributed by atoms with Crippen molar-refractivity contribution in [3.05, 3.63) is 34.9 Å². The highest BCUT2D eigenvalue weighted by atomic mass is 32.2. The van der Waals surface area contributed by atoms with Gasteiger partial charge in [0.2, 0.25) is 0 Å². The Morgan fingerprint density at radius 2 is 2.11 bits per heavy atom. The Morgan fingerprint density at radius 3 is 2.58 bits per heavy atom. The van der Waals surface area contributed by atoms with Gasteiger partial charge in [-0.2, -0.15) is 0 Å². The number of sulfone groups is 1. The molecule has 1 heterocycles. The Morgan fingerprint density at radius 1 is 1.42 bits per heavy atom. The fraction of sp³-hybridized carbons (Fsp3) is 0.571. The van der Waals surface area contributed by atoms with E-state index >= 15 is 0 Å². The zero-order valence-corrected chi connectivity index (χ0v) is 12.2. The summed E-state index contributed by atoms with van der Waals surface area (Å²) in [4.78, 5) is 0. The number of benzene rings is 1. The molecule has 1 aromatic carbocycles. The van der Waals surface area contributed by atoms with E-state index in [1.54, 1.807) is 0 Å². The molecule has 1 aromatic rings. The molecule has 0 aromatic heterocycles. The van der Waals surface area contributed by atoms with E-state index in [1.807, 2.05) is 32.0 Å². The van der Waals surface area contributed by atoms with Gasteiger partial charge in [0.25, 0.3) is 0 Å². The van der Waals surface area contributed by atoms with Crippen LogP contribution in [0.3, 0.4) is 0 Å². The zero-order chi connectivity index (χ0) is 14.3. The maximum atomic E-state index is 11.7. The van der Waals surface area contributed by atoms with Crippen molar-refractivity contribution in [1.29, 1.82) is 0 Å². The first-order valence-electron chi connectivity index (χ1n) is 6.45. The Balaban J connectivity index is 2.39. The number of nitrogens with two attached hydrogens (primary N) is 1. The summed E-state index contributed by atoms with van der Waals surface area (Å²) in [5, 5.41) is 10.6. The van der Waals surface area contributed by atoms with Crippen LogP contribution in [0.2, 0.25) is 0 Å². The third-order valence-electron chi connectivity index (χ3n) is 4.12. The second-order valence-electron chi connectivity index (χ2n) is 5.67. The van der Waals surface area contributed by atoms with Crippen molar-refractivity contribution in [2.45, 2.75) is 26.4 Å². The summed E-state index contributed by atoms with van der Waals surface area (Å²) in [6.45, 7) is 4.10. The summed E-state index contributed by atoms with van der Waals surface area (Å²) in [5.74, 6) is 0.0944. The zero-order valence-electron chi connectivity index (χ0n) is 11.4. The predicted octanol–water partition coefficient (Wildman–Crippen LogP) is 1.10. The Kier molecular flexibility index (Phi) is 3.73. The molecule has 0 aliphatic carbocycles. The van der Waals surface area contributed by atoms with Crippen LogP contribution in [-0.4, -0.2) is 31.6 Å². The Labute approximate surface area is 114 Å². The van der Waals surface area contributed by atoms with Gasteiger partial charge < -0.3 is 10.8 Å². The largest absolute Gasteiger partial charge is 0.388 e. The monoisotopic (exact) mass is 283 g/mol. The van der Waals surface area contributed by atoms with Crippen LogP contribution < -0.4 is 5.73 Å². The third-order valence-corrected chi connectivity index (χ3v) is 5.97. The predicted molar refractivity (Wildman–Crippen MR) is 75.6 cm³/mol. The van der Waals surface area contributed by atoms with E-state index in [1.165, 1.54) is 0 Å². The molecule has 0 spiro atoms. The minimum atomic E-state index is -3.08. The van der Waals surface area contributed by atoms with Gasteiger partial charge in [0.05, 0.1) is 17.6 Å². The lowest BCUT2D eigenvalue weighted by Crippen LogP contribution is -2.38. The fourth-order valence-electron chi connectivity index (χ4n) is 2.89. The lowest BCUT2D eigenvalue weighted by Gasteiger charge is -2.32. The topological polar surface area (TPSA) is 80.4 Å². The van der Waals surface area contributed by atoms with E-state index in [4.69, 9.17) is 5.73 Å². The minimum Gasteiger partial charge on any atom is -0.388 e. The van der Waals surface area contributed by atoms with E-state index in [2.05, 4.69) is 0 Å². The van der Waals surface area contributed by atoms with Crippen molar-refractivity contribution in [2.75, 3.05) is 18.1 Å². The lowest BCUT2D eigenvalue weighted by atomic mass is 9.77. The van der Waals surface area contributed by atoms with Crippen LogP contribution in [0.15, 0.2) is 18.2 Å². The van der Waals surface area contributed by atoms with Crippen LogP contribution in [0.25, 0.3) is 0 Å². The van der Waals surface area contributed by atoms with Gasteiger partial charge in [-0.05, 0) is 31.4 Å². The van der Waals surface area contributed by atoms with E-state index in [-0.39, 0.29) is 18.1 Å². The van der Waals surface area contributed by atoms with Gasteiger partial charge in [-0.1, -0.05) is 23.8 Å². The average Bonchev–Trinajstić information content (AvgIpc) is 2.65. The molecular weight excluding hydrogens is 262 g/mol. The highest BCUT2D eigenvalue weighted by Crippen LogP contribution is 2.43. The number of rotatable bonds is 3. The molecule has 2 rings (SSSR count). The highest BCUT2D eigenvalue weighted by Gasteiger charge is 2.47. The summed E-state index contributed by atoms with van der Waals surface area (Å²) in [7, 11) is -3.08. The van der Waals surface area contributed by atoms with Crippen molar-refractivity contribution in [3.8, 4) is 0 Å². The molecule has 0 saturated carbocycles. The van der Waals surface area contributed by atoms with Gasteiger partial charge in [0.15, 0.2) is 9.84 Å². The second kappa shape index (κ2) is 4.89. The molecular formula is C14H21NO3S. The van der Waals surface area contributed by atoms with Gasteiger partial charge in [0.1, 0.15) is 0 Å². The Bertz CT molecular complexity index is 582. The quantitative estimate of drug-likeness (QED) is 0.870. The van der Waals surface area contributed by atoms with Gasteiger partial charge in [-0.25, -0.2) is 8.42 Å². The molecule has 0 radical (unpaired) electrons. The van der Waals surface area contributed by atoms with Crippen LogP contribution in [0.1, 0.15) is 29.2 Å². The van der Waals surface area contributed by atoms with Crippen LogP contribution in [0.5, 0.6) is 0 Å². The molecule has 2 unspecified atom stereocenters. The molecule has 1 saturated heterocycles. The van der Waals surface area contributed by atoms with Crippen LogP contribution in [-0.2, 0) is 9.84 Å². The normalized spacial score (nSPS) is 27.4. The standard InChI is InChI=1S/C14H21NO3S/c1-10-3-4-12(11(2)7-10)13(16)14(8-15)5-6-19(17,18)9-14/h3-4,7,13,16H,5-6,8-9,15H2,1-2H3. The Hall–Kier alpha value is -0.910. The van der Waals surface area contributed by atoms with Crippen LogP contribution in [0.4, 0.5) is 0 Å². The van der Waals surface area contributed by atoms with E-state index in [0.29, 0.717) is 6.42 Å². The molecule has 5 heteroatoms. The summed E-state index contributed by atoms with van der Waals surface area (Å²) < 4.78 is 23.4. The van der Waals surface area contributed by atoms with Crippen LogP contribution in [0, 0.1) is 19.3 Å². The summed E-state index contributed by atoms with van der Waals surface area (Å²) >= 11 is 0. The maximum Gasteiger partial charge on any atom is 0.151 e. The maximum absolute atomic E-state index is 11.7. The number of hydrogen-bond acceptors (Lipinski definition) is 4. The first kappa shape index (κ1) is 14.5. The summed E-state index contributed by atoms with van der Waals surface area (Å²) in [6, 6.07) is 5.79. The molecule has 4 nitrogen and oxygen atoms in total. The van der Waals surface area contributed by atoms with Crippen molar-refractivity contribution < 1.29 is 13.5 Å². The first-order chi connectivity index (χ1) is 8.80. The lowest BCUT2D eigenvalue weighted by molar-refractivity contribution is 0.0467. The second-order valence-corrected chi connectivity index (χ2v) is 7.86. The summed E-state index contributed by atoms with van der Waals surface area (Å²) in [6.07, 6.45) is -0.393. The van der Waals surface area contributed by atoms with Gasteiger partial charge in [-0.15, -0.1) is 0 Å². The smallest absolute Gasteiger partial charge is 0.151 e. The van der Waals surface area contributed by atoms with Crippen molar-refractivity contribution in [3.63, 3.8) is 0 Å². The van der Waals surface area contributed by atoms with Gasteiger partial charge >= 0.3 is 0 Å². The third kappa shape index (κ3) is 2.68. The molecule has 106 valence electrons. The molecule has 2 atom stereocenters. The first-order valence-corrected chi connectivity index (χ1v) is 8.27. The van der Waals surface area contributed by atoms with E-state index in [9.17, 15) is 13.5 Å². The molecule has 1 aliphatic rings. The number of aryl methyl sites for hydroxylation is 2. The van der Waals surface area contributed by atoms with Crippen LogP contribution >= 0.6 is 0 Å². The minimum absolute atomic E-state index is 0.0228. The van der Waals surface area contributed by atoms with Crippen molar-refractivity contribution >= 4 is 9.84 Å². The molecule has 1 aliphatic heterocycles. The van der Waals surface area contributed by atoms with Gasteiger partial charge in [-0.3, -0.25) is 0 Å². The molecule has 1 fully saturated rings. The van der Waals surface area contributed by atoms with Crippen molar-refractivity contribution in [1.82, 2.24) is 0 Å². The highest BCUT2D eigenvalue weighted by molar-refractivity contribution is 7.91. The number of aliphatic hydroxyl groups excluding tert-OH is 1. The molecule has 0 amide bonds.